The number of nitrogens with zero attached hydrogens (tertiary/aromatic N) is 1. The Kier molecular flexibility index (Phi) is 6.62. The number of ether oxygens (including phenoxy) is 1. The number of aromatic nitrogens is 1. The molecule has 0 saturated carbocycles. The smallest absolute Gasteiger partial charge is 0.216 e. The Labute approximate surface area is 147 Å². The topological polar surface area (TPSA) is 68.3 Å². The number of nitrogens with one attached hydrogen (secondary N) is 1. The van der Waals surface area contributed by atoms with Crippen LogP contribution in [0.2, 0.25) is 5.02 Å². The van der Waals surface area contributed by atoms with Gasteiger partial charge in [0.1, 0.15) is 12.4 Å². The molecule has 0 amide bonds. The van der Waals surface area contributed by atoms with Gasteiger partial charge in [0.15, 0.2) is 0 Å². The highest BCUT2D eigenvalue weighted by Crippen LogP contribution is 2.11. The quantitative estimate of drug-likeness (QED) is 0.800. The van der Waals surface area contributed by atoms with Crippen LogP contribution in [0.15, 0.2) is 42.6 Å². The third kappa shape index (κ3) is 6.59. The number of hydrogen-bond acceptors (Lipinski definition) is 4. The summed E-state index contributed by atoms with van der Waals surface area (Å²) >= 11 is 5.77. The van der Waals surface area contributed by atoms with E-state index in [-0.39, 0.29) is 18.9 Å². The van der Waals surface area contributed by atoms with Crippen LogP contribution in [0, 0.1) is 18.8 Å². The maximum atomic E-state index is 11.9. The first-order valence-electron chi connectivity index (χ1n) is 7.17. The van der Waals surface area contributed by atoms with E-state index in [4.69, 9.17) is 16.3 Å². The average molecular weight is 365 g/mol. The molecule has 7 heteroatoms. The Bertz CT molecular complexity index is 823. The van der Waals surface area contributed by atoms with Gasteiger partial charge in [-0.2, -0.15) is 0 Å². The van der Waals surface area contributed by atoms with Crippen LogP contribution >= 0.6 is 11.6 Å². The van der Waals surface area contributed by atoms with Gasteiger partial charge in [-0.15, -0.1) is 0 Å². The van der Waals surface area contributed by atoms with Crippen molar-refractivity contribution in [3.05, 3.63) is 58.9 Å². The highest BCUT2D eigenvalue weighted by atomic mass is 35.5. The fourth-order valence-corrected chi connectivity index (χ4v) is 2.92. The lowest BCUT2D eigenvalue weighted by atomic mass is 10.2. The zero-order valence-corrected chi connectivity index (χ0v) is 14.7. The maximum absolute atomic E-state index is 11.9. The molecule has 0 aliphatic carbocycles. The van der Waals surface area contributed by atoms with Gasteiger partial charge < -0.3 is 4.74 Å². The fraction of sp³-hybridized carbons (Fsp3) is 0.235. The molecule has 0 atom stereocenters. The first-order chi connectivity index (χ1) is 11.4. The largest absolute Gasteiger partial charge is 0.479 e. The number of sulfonamides is 1. The van der Waals surface area contributed by atoms with Gasteiger partial charge in [-0.05, 0) is 36.8 Å². The van der Waals surface area contributed by atoms with Crippen LogP contribution in [0.4, 0.5) is 0 Å². The van der Waals surface area contributed by atoms with Gasteiger partial charge in [0.25, 0.3) is 0 Å². The molecular formula is C17H17ClN2O3S. The van der Waals surface area contributed by atoms with Crippen molar-refractivity contribution in [3.63, 3.8) is 0 Å². The van der Waals surface area contributed by atoms with Gasteiger partial charge in [-0.1, -0.05) is 35.6 Å². The van der Waals surface area contributed by atoms with E-state index in [0.29, 0.717) is 16.3 Å². The molecule has 1 aromatic heterocycles. The highest BCUT2D eigenvalue weighted by molar-refractivity contribution is 7.88. The molecule has 24 heavy (non-hydrogen) atoms. The second-order valence-electron chi connectivity index (χ2n) is 4.98. The van der Waals surface area contributed by atoms with Gasteiger partial charge >= 0.3 is 0 Å². The van der Waals surface area contributed by atoms with Crippen molar-refractivity contribution >= 4 is 21.6 Å². The molecule has 0 spiro atoms. The zero-order valence-electron chi connectivity index (χ0n) is 13.1. The highest BCUT2D eigenvalue weighted by Gasteiger charge is 2.09. The summed E-state index contributed by atoms with van der Waals surface area (Å²) in [6.45, 7) is 2.09. The Balaban J connectivity index is 1.74. The summed E-state index contributed by atoms with van der Waals surface area (Å²) in [5, 5.41) is 0.568. The first-order valence-corrected chi connectivity index (χ1v) is 9.20. The summed E-state index contributed by atoms with van der Waals surface area (Å²) in [7, 11) is -3.44. The molecule has 0 saturated heterocycles. The Morgan fingerprint density at radius 3 is 2.58 bits per heavy atom. The summed E-state index contributed by atoms with van der Waals surface area (Å²) < 4.78 is 31.6. The predicted octanol–water partition coefficient (Wildman–Crippen LogP) is 2.55. The van der Waals surface area contributed by atoms with Crippen LogP contribution in [0.5, 0.6) is 5.75 Å². The monoisotopic (exact) mass is 364 g/mol. The molecule has 0 aliphatic rings. The van der Waals surface area contributed by atoms with Crippen molar-refractivity contribution in [1.82, 2.24) is 9.71 Å². The van der Waals surface area contributed by atoms with Crippen LogP contribution in [0.1, 0.15) is 11.3 Å². The molecule has 2 rings (SSSR count). The van der Waals surface area contributed by atoms with Crippen molar-refractivity contribution < 1.29 is 13.2 Å². The molecule has 0 fully saturated rings. The average Bonchev–Trinajstić information content (AvgIpc) is 2.54. The molecular weight excluding hydrogens is 348 g/mol. The molecule has 126 valence electrons. The van der Waals surface area contributed by atoms with E-state index in [9.17, 15) is 8.42 Å². The van der Waals surface area contributed by atoms with Gasteiger partial charge in [0.2, 0.25) is 10.0 Å². The summed E-state index contributed by atoms with van der Waals surface area (Å²) in [6, 6.07) is 10.3. The van der Waals surface area contributed by atoms with Crippen LogP contribution in [-0.2, 0) is 15.8 Å². The van der Waals surface area contributed by atoms with Crippen LogP contribution in [0.3, 0.4) is 0 Å². The minimum Gasteiger partial charge on any atom is -0.479 e. The van der Waals surface area contributed by atoms with E-state index in [1.807, 2.05) is 13.0 Å². The molecule has 5 nitrogen and oxygen atoms in total. The second-order valence-corrected chi connectivity index (χ2v) is 7.23. The van der Waals surface area contributed by atoms with E-state index in [1.165, 1.54) is 0 Å². The molecule has 0 aliphatic heterocycles. The number of aryl methyl sites for hydroxylation is 1. The Morgan fingerprint density at radius 2 is 1.92 bits per heavy atom. The minimum atomic E-state index is -3.44. The standard InChI is InChI=1S/C17H17ClN2O3S/c1-14-4-9-17(12-19-14)23-11-3-2-10-20-24(21,22)13-15-5-7-16(18)8-6-15/h4-9,12,20H,10-11,13H2,1H3. The second kappa shape index (κ2) is 8.69. The molecule has 1 aromatic carbocycles. The lowest BCUT2D eigenvalue weighted by Crippen LogP contribution is -2.25. The molecule has 1 heterocycles. The number of hydrogen-bond donors (Lipinski definition) is 1. The van der Waals surface area contributed by atoms with Crippen LogP contribution < -0.4 is 9.46 Å². The third-order valence-electron chi connectivity index (χ3n) is 2.97. The number of benzene rings is 1. The van der Waals surface area contributed by atoms with Crippen molar-refractivity contribution in [3.8, 4) is 17.6 Å². The zero-order chi connectivity index (χ0) is 17.4. The molecule has 2 aromatic rings. The number of pyridine rings is 1. The third-order valence-corrected chi connectivity index (χ3v) is 4.52. The van der Waals surface area contributed by atoms with Crippen molar-refractivity contribution in [2.24, 2.45) is 0 Å². The lowest BCUT2D eigenvalue weighted by molar-refractivity contribution is 0.368. The Morgan fingerprint density at radius 1 is 1.17 bits per heavy atom. The predicted molar refractivity (Wildman–Crippen MR) is 94.3 cm³/mol. The lowest BCUT2D eigenvalue weighted by Gasteiger charge is -2.04. The van der Waals surface area contributed by atoms with Crippen LogP contribution in [0.25, 0.3) is 0 Å². The van der Waals surface area contributed by atoms with Crippen molar-refractivity contribution in [2.45, 2.75) is 12.7 Å². The van der Waals surface area contributed by atoms with E-state index in [1.54, 1.807) is 36.5 Å². The number of halogens is 1. The van der Waals surface area contributed by atoms with Crippen molar-refractivity contribution in [1.29, 1.82) is 0 Å². The van der Waals surface area contributed by atoms with Gasteiger partial charge in [-0.3, -0.25) is 4.98 Å². The maximum Gasteiger partial charge on any atom is 0.216 e. The minimum absolute atomic E-state index is 0.0332. The van der Waals surface area contributed by atoms with Gasteiger partial charge in [-0.25, -0.2) is 13.1 Å². The van der Waals surface area contributed by atoms with E-state index in [0.717, 1.165) is 5.69 Å². The first kappa shape index (κ1) is 18.3. The number of rotatable bonds is 6. The molecule has 0 bridgehead atoms. The van der Waals surface area contributed by atoms with Gasteiger partial charge in [0.05, 0.1) is 18.5 Å². The molecule has 0 radical (unpaired) electrons. The Hall–Kier alpha value is -2.07. The summed E-state index contributed by atoms with van der Waals surface area (Å²) in [5.74, 6) is 5.97. The van der Waals surface area contributed by atoms with E-state index < -0.39 is 10.0 Å². The SMILES string of the molecule is Cc1ccc(OCC#CCNS(=O)(=O)Cc2ccc(Cl)cc2)cn1. The van der Waals surface area contributed by atoms with Gasteiger partial charge in [0, 0.05) is 10.7 Å². The normalized spacial score (nSPS) is 10.8. The van der Waals surface area contributed by atoms with E-state index >= 15 is 0 Å². The summed E-state index contributed by atoms with van der Waals surface area (Å²) in [4.78, 5) is 4.10. The molecule has 0 unspecified atom stereocenters. The summed E-state index contributed by atoms with van der Waals surface area (Å²) in [5.41, 5.74) is 1.57. The molecule has 1 N–H and O–H groups in total. The summed E-state index contributed by atoms with van der Waals surface area (Å²) in [6.07, 6.45) is 1.62. The van der Waals surface area contributed by atoms with Crippen LogP contribution in [-0.4, -0.2) is 26.6 Å². The van der Waals surface area contributed by atoms with E-state index in [2.05, 4.69) is 21.5 Å². The van der Waals surface area contributed by atoms with Crippen molar-refractivity contribution in [2.75, 3.05) is 13.2 Å². The fourth-order valence-electron chi connectivity index (χ4n) is 1.77.